The summed E-state index contributed by atoms with van der Waals surface area (Å²) in [5, 5.41) is 15.5. The molecule has 0 aliphatic carbocycles. The first kappa shape index (κ1) is 18.6. The van der Waals surface area contributed by atoms with Crippen molar-refractivity contribution in [2.24, 2.45) is 0 Å². The van der Waals surface area contributed by atoms with Crippen LogP contribution in [0.4, 0.5) is 15.8 Å². The Kier molecular flexibility index (Phi) is 5.40. The molecule has 0 aliphatic heterocycles. The number of anilines is 2. The van der Waals surface area contributed by atoms with Gasteiger partial charge in [-0.3, -0.25) is 4.68 Å². The number of hydrogen-bond donors (Lipinski definition) is 2. The molecule has 4 nitrogen and oxygen atoms in total. The quantitative estimate of drug-likeness (QED) is 0.622. The zero-order valence-electron chi connectivity index (χ0n) is 14.9. The van der Waals surface area contributed by atoms with Gasteiger partial charge >= 0.3 is 0 Å². The van der Waals surface area contributed by atoms with Crippen molar-refractivity contribution in [3.63, 3.8) is 0 Å². The van der Waals surface area contributed by atoms with Crippen LogP contribution in [-0.4, -0.2) is 21.5 Å². The molecule has 26 heavy (non-hydrogen) atoms. The lowest BCUT2D eigenvalue weighted by Gasteiger charge is -2.16. The Bertz CT molecular complexity index is 885. The number of nitrogens with zero attached hydrogens (tertiary/aromatic N) is 2. The van der Waals surface area contributed by atoms with E-state index in [2.05, 4.69) is 19.7 Å². The predicted molar refractivity (Wildman–Crippen MR) is 107 cm³/mol. The molecule has 1 aromatic heterocycles. The number of aliphatic hydroxyl groups excluding tert-OH is 1. The first-order valence-corrected chi connectivity index (χ1v) is 9.06. The van der Waals surface area contributed by atoms with Crippen LogP contribution < -0.4 is 5.32 Å². The number of para-hydroxylation sites is 1. The van der Waals surface area contributed by atoms with Gasteiger partial charge in [-0.2, -0.15) is 5.10 Å². The van der Waals surface area contributed by atoms with Crippen molar-refractivity contribution in [2.75, 3.05) is 11.9 Å². The van der Waals surface area contributed by atoms with Gasteiger partial charge in [0.25, 0.3) is 0 Å². The first-order valence-electron chi connectivity index (χ1n) is 8.48. The molecule has 0 fully saturated rings. The number of benzene rings is 2. The summed E-state index contributed by atoms with van der Waals surface area (Å²) in [4.78, 5) is 0. The largest absolute Gasteiger partial charge is 0.394 e. The average molecular weight is 371 g/mol. The minimum atomic E-state index is -1.44. The smallest absolute Gasteiger partial charge is 0.145 e. The number of alkyl halides is 1. The lowest BCUT2D eigenvalue weighted by molar-refractivity contribution is 0.269. The maximum atomic E-state index is 14.0. The molecule has 136 valence electrons. The number of rotatable bonds is 6. The van der Waals surface area contributed by atoms with Gasteiger partial charge in [0.2, 0.25) is 0 Å². The topological polar surface area (TPSA) is 50.1 Å². The van der Waals surface area contributed by atoms with Crippen LogP contribution in [0.1, 0.15) is 18.2 Å². The third-order valence-electron chi connectivity index (χ3n) is 4.22. The summed E-state index contributed by atoms with van der Waals surface area (Å²) in [6.07, 6.45) is 1.94. The van der Waals surface area contributed by atoms with Crippen LogP contribution in [0.2, 0.25) is 0 Å². The highest BCUT2D eigenvalue weighted by Gasteiger charge is 2.18. The van der Waals surface area contributed by atoms with E-state index >= 15 is 0 Å². The minimum Gasteiger partial charge on any atom is -0.394 e. The van der Waals surface area contributed by atoms with Crippen LogP contribution in [0, 0.1) is 6.92 Å². The van der Waals surface area contributed by atoms with E-state index in [0.29, 0.717) is 12.1 Å². The first-order chi connectivity index (χ1) is 12.4. The second-order valence-electron chi connectivity index (χ2n) is 6.44. The Morgan fingerprint density at radius 1 is 1.15 bits per heavy atom. The van der Waals surface area contributed by atoms with Gasteiger partial charge in [0.1, 0.15) is 5.41 Å². The summed E-state index contributed by atoms with van der Waals surface area (Å²) in [5.41, 5.74) is 5.39. The molecule has 2 unspecified atom stereocenters. The molecular formula is C20H23FN3OP. The number of nitrogens with one attached hydrogen (secondary N) is 1. The summed E-state index contributed by atoms with van der Waals surface area (Å²) in [6.45, 7) is 3.99. The van der Waals surface area contributed by atoms with Gasteiger partial charge < -0.3 is 10.4 Å². The molecule has 2 aromatic carbocycles. The van der Waals surface area contributed by atoms with Crippen molar-refractivity contribution in [3.05, 3.63) is 66.0 Å². The van der Waals surface area contributed by atoms with Crippen molar-refractivity contribution in [1.82, 2.24) is 9.78 Å². The van der Waals surface area contributed by atoms with Gasteiger partial charge in [-0.05, 0) is 37.6 Å². The number of aromatic nitrogens is 2. The van der Waals surface area contributed by atoms with E-state index in [1.807, 2.05) is 49.5 Å². The molecule has 0 aliphatic rings. The monoisotopic (exact) mass is 371 g/mol. The second kappa shape index (κ2) is 7.56. The van der Waals surface area contributed by atoms with Gasteiger partial charge in [0, 0.05) is 28.7 Å². The van der Waals surface area contributed by atoms with E-state index in [1.165, 1.54) is 6.92 Å². The summed E-state index contributed by atoms with van der Waals surface area (Å²) in [5.74, 6) is 0. The maximum Gasteiger partial charge on any atom is 0.145 e. The second-order valence-corrected chi connectivity index (χ2v) is 7.52. The van der Waals surface area contributed by atoms with Crippen molar-refractivity contribution >= 4 is 20.6 Å². The summed E-state index contributed by atoms with van der Waals surface area (Å²) in [6, 6.07) is 15.3. The summed E-state index contributed by atoms with van der Waals surface area (Å²) < 4.78 is 15.7. The Balaban J connectivity index is 1.90. The molecule has 3 aromatic rings. The number of aliphatic hydroxyl groups is 1. The highest BCUT2D eigenvalue weighted by Crippen LogP contribution is 2.35. The number of aryl methyl sites for hydroxylation is 1. The Labute approximate surface area is 155 Å². The lowest BCUT2D eigenvalue weighted by atomic mass is 10.0. The van der Waals surface area contributed by atoms with Crippen molar-refractivity contribution in [2.45, 2.75) is 25.8 Å². The summed E-state index contributed by atoms with van der Waals surface area (Å²) >= 11 is 0. The molecule has 2 N–H and O–H groups in total. The molecule has 0 spiro atoms. The number of hydrogen-bond acceptors (Lipinski definition) is 3. The van der Waals surface area contributed by atoms with Crippen LogP contribution in [-0.2, 0) is 12.0 Å². The Morgan fingerprint density at radius 2 is 1.85 bits per heavy atom. The highest BCUT2D eigenvalue weighted by molar-refractivity contribution is 7.18. The zero-order valence-corrected chi connectivity index (χ0v) is 16.1. The molecule has 0 radical (unpaired) electrons. The van der Waals surface area contributed by atoms with Crippen LogP contribution in [0.25, 0.3) is 11.1 Å². The van der Waals surface area contributed by atoms with E-state index in [1.54, 1.807) is 16.8 Å². The van der Waals surface area contributed by atoms with E-state index in [9.17, 15) is 4.39 Å². The van der Waals surface area contributed by atoms with Gasteiger partial charge in [-0.1, -0.05) is 39.6 Å². The number of halogens is 1. The SMILES string of the molecule is Cc1nn(CCO)cc1-c1ccccc1Nc1ccc(C(C)(F)P)cc1. The molecule has 0 saturated carbocycles. The molecule has 6 heteroatoms. The standard InChI is InChI=1S/C20H23FN3OP/c1-14-18(13-24(23-14)11-12-25)17-5-3-4-6-19(17)22-16-9-7-15(8-10-16)20(2,21)26/h3-10,13,22,25H,11-12,26H2,1-2H3. The Morgan fingerprint density at radius 3 is 2.50 bits per heavy atom. The van der Waals surface area contributed by atoms with E-state index < -0.39 is 5.41 Å². The maximum absolute atomic E-state index is 14.0. The van der Waals surface area contributed by atoms with E-state index in [0.717, 1.165) is 28.2 Å². The predicted octanol–water partition coefficient (Wildman–Crippen LogP) is 4.61. The minimum absolute atomic E-state index is 0.0516. The molecule has 2 atom stereocenters. The van der Waals surface area contributed by atoms with E-state index in [-0.39, 0.29) is 6.61 Å². The fourth-order valence-corrected chi connectivity index (χ4v) is 3.05. The third-order valence-corrected chi connectivity index (χ3v) is 4.55. The Hall–Kier alpha value is -2.23. The molecular weight excluding hydrogens is 348 g/mol. The van der Waals surface area contributed by atoms with Gasteiger partial charge in [-0.25, -0.2) is 4.39 Å². The van der Waals surface area contributed by atoms with Gasteiger partial charge in [0.05, 0.1) is 18.8 Å². The van der Waals surface area contributed by atoms with Crippen LogP contribution in [0.5, 0.6) is 0 Å². The zero-order chi connectivity index (χ0) is 18.7. The van der Waals surface area contributed by atoms with Crippen molar-refractivity contribution in [3.8, 4) is 11.1 Å². The summed E-state index contributed by atoms with van der Waals surface area (Å²) in [7, 11) is 2.21. The normalized spacial score (nSPS) is 13.4. The van der Waals surface area contributed by atoms with Gasteiger partial charge in [-0.15, -0.1) is 0 Å². The van der Waals surface area contributed by atoms with E-state index in [4.69, 9.17) is 5.11 Å². The van der Waals surface area contributed by atoms with Gasteiger partial charge in [0.15, 0.2) is 0 Å². The molecule has 0 amide bonds. The fraction of sp³-hybridized carbons (Fsp3) is 0.250. The van der Waals surface area contributed by atoms with Crippen LogP contribution in [0.15, 0.2) is 54.7 Å². The van der Waals surface area contributed by atoms with Crippen molar-refractivity contribution < 1.29 is 9.50 Å². The van der Waals surface area contributed by atoms with Crippen LogP contribution in [0.3, 0.4) is 0 Å². The molecule has 0 bridgehead atoms. The fourth-order valence-electron chi connectivity index (χ4n) is 2.86. The molecule has 0 saturated heterocycles. The average Bonchev–Trinajstić information content (AvgIpc) is 2.96. The highest BCUT2D eigenvalue weighted by atomic mass is 31.0. The molecule has 1 heterocycles. The van der Waals surface area contributed by atoms with Crippen molar-refractivity contribution in [1.29, 1.82) is 0 Å². The lowest BCUT2D eigenvalue weighted by Crippen LogP contribution is -2.04. The molecule has 3 rings (SSSR count). The van der Waals surface area contributed by atoms with Crippen LogP contribution >= 0.6 is 9.24 Å². The third kappa shape index (κ3) is 4.12.